The fourth-order valence-electron chi connectivity index (χ4n) is 2.11. The lowest BCUT2D eigenvalue weighted by Crippen LogP contribution is -2.01. The molecule has 0 fully saturated rings. The van der Waals surface area contributed by atoms with Crippen molar-refractivity contribution in [1.82, 2.24) is 9.97 Å². The van der Waals surface area contributed by atoms with Crippen LogP contribution in [0.3, 0.4) is 0 Å². The molecule has 0 unspecified atom stereocenters. The Hall–Kier alpha value is -1.88. The normalized spacial score (nSPS) is 10.9. The molecule has 0 aliphatic carbocycles. The summed E-state index contributed by atoms with van der Waals surface area (Å²) < 4.78 is 14.5. The van der Waals surface area contributed by atoms with Crippen LogP contribution in [0.15, 0.2) is 40.9 Å². The van der Waals surface area contributed by atoms with E-state index in [2.05, 4.69) is 31.2 Å². The Morgan fingerprint density at radius 2 is 2.10 bits per heavy atom. The number of benzene rings is 2. The molecule has 0 amide bonds. The van der Waals surface area contributed by atoms with E-state index in [-0.39, 0.29) is 5.82 Å². The first-order chi connectivity index (χ1) is 9.61. The van der Waals surface area contributed by atoms with Crippen molar-refractivity contribution in [2.24, 2.45) is 0 Å². The summed E-state index contributed by atoms with van der Waals surface area (Å²) in [6, 6.07) is 10.9. The summed E-state index contributed by atoms with van der Waals surface area (Å²) in [4.78, 5) is 7.53. The van der Waals surface area contributed by atoms with E-state index in [1.54, 1.807) is 6.07 Å². The standard InChI is InChI=1S/C15H13BrFN3/c1-9-19-14-5-4-12(7-15(14)20-9)18-8-10-2-3-11(16)6-13(10)17/h2-7,18H,8H2,1H3,(H,19,20). The number of nitrogens with one attached hydrogen (secondary N) is 2. The van der Waals surface area contributed by atoms with Gasteiger partial charge in [0, 0.05) is 22.3 Å². The van der Waals surface area contributed by atoms with Crippen LogP contribution in [-0.2, 0) is 6.54 Å². The SMILES string of the molecule is Cc1nc2ccc(NCc3ccc(Br)cc3F)cc2[nH]1. The maximum absolute atomic E-state index is 13.7. The topological polar surface area (TPSA) is 40.7 Å². The second kappa shape index (κ2) is 5.25. The highest BCUT2D eigenvalue weighted by molar-refractivity contribution is 9.10. The van der Waals surface area contributed by atoms with Crippen molar-refractivity contribution >= 4 is 32.7 Å². The van der Waals surface area contributed by atoms with Crippen LogP contribution in [0.5, 0.6) is 0 Å². The van der Waals surface area contributed by atoms with E-state index >= 15 is 0 Å². The number of halogens is 2. The first-order valence-electron chi connectivity index (χ1n) is 6.26. The third-order valence-corrected chi connectivity index (χ3v) is 3.59. The summed E-state index contributed by atoms with van der Waals surface area (Å²) in [5.74, 6) is 0.668. The van der Waals surface area contributed by atoms with E-state index in [0.29, 0.717) is 12.1 Å². The van der Waals surface area contributed by atoms with Gasteiger partial charge in [-0.1, -0.05) is 22.0 Å². The van der Waals surface area contributed by atoms with Gasteiger partial charge >= 0.3 is 0 Å². The number of imidazole rings is 1. The first kappa shape index (κ1) is 13.1. The highest BCUT2D eigenvalue weighted by Gasteiger charge is 2.04. The minimum Gasteiger partial charge on any atom is -0.381 e. The molecule has 0 spiro atoms. The van der Waals surface area contributed by atoms with Crippen molar-refractivity contribution in [2.75, 3.05) is 5.32 Å². The highest BCUT2D eigenvalue weighted by atomic mass is 79.9. The molecule has 0 atom stereocenters. The summed E-state index contributed by atoms with van der Waals surface area (Å²) in [6.45, 7) is 2.36. The second-order valence-electron chi connectivity index (χ2n) is 4.64. The summed E-state index contributed by atoms with van der Waals surface area (Å²) in [7, 11) is 0. The molecule has 0 saturated carbocycles. The molecule has 0 aliphatic heterocycles. The average Bonchev–Trinajstić information content (AvgIpc) is 2.77. The maximum Gasteiger partial charge on any atom is 0.129 e. The van der Waals surface area contributed by atoms with E-state index in [1.165, 1.54) is 6.07 Å². The van der Waals surface area contributed by atoms with Gasteiger partial charge in [-0.3, -0.25) is 0 Å². The van der Waals surface area contributed by atoms with Gasteiger partial charge in [-0.2, -0.15) is 0 Å². The molecule has 1 heterocycles. The van der Waals surface area contributed by atoms with Crippen molar-refractivity contribution in [3.63, 3.8) is 0 Å². The lowest BCUT2D eigenvalue weighted by Gasteiger charge is -2.07. The van der Waals surface area contributed by atoms with Crippen molar-refractivity contribution in [2.45, 2.75) is 13.5 Å². The molecule has 1 aromatic heterocycles. The summed E-state index contributed by atoms with van der Waals surface area (Å²) in [5.41, 5.74) is 3.48. The Balaban J connectivity index is 1.79. The number of fused-ring (bicyclic) bond motifs is 1. The fourth-order valence-corrected chi connectivity index (χ4v) is 2.44. The van der Waals surface area contributed by atoms with Crippen LogP contribution in [0.1, 0.15) is 11.4 Å². The van der Waals surface area contributed by atoms with Gasteiger partial charge in [-0.25, -0.2) is 9.37 Å². The largest absolute Gasteiger partial charge is 0.381 e. The lowest BCUT2D eigenvalue weighted by atomic mass is 10.2. The van der Waals surface area contributed by atoms with Crippen molar-refractivity contribution in [3.05, 3.63) is 58.1 Å². The van der Waals surface area contributed by atoms with Crippen molar-refractivity contribution in [3.8, 4) is 0 Å². The van der Waals surface area contributed by atoms with Gasteiger partial charge in [-0.05, 0) is 37.3 Å². The number of rotatable bonds is 3. The number of nitrogens with zero attached hydrogens (tertiary/aromatic N) is 1. The Labute approximate surface area is 124 Å². The zero-order chi connectivity index (χ0) is 14.1. The molecule has 0 radical (unpaired) electrons. The van der Waals surface area contributed by atoms with Crippen LogP contribution in [-0.4, -0.2) is 9.97 Å². The van der Waals surface area contributed by atoms with Crippen molar-refractivity contribution in [1.29, 1.82) is 0 Å². The van der Waals surface area contributed by atoms with E-state index in [1.807, 2.05) is 31.2 Å². The van der Waals surface area contributed by atoms with Gasteiger partial charge in [0.1, 0.15) is 11.6 Å². The van der Waals surface area contributed by atoms with Gasteiger partial charge < -0.3 is 10.3 Å². The monoisotopic (exact) mass is 333 g/mol. The summed E-state index contributed by atoms with van der Waals surface area (Å²) >= 11 is 3.25. The minimum atomic E-state index is -0.217. The predicted molar refractivity (Wildman–Crippen MR) is 82.3 cm³/mol. The molecule has 0 aliphatic rings. The van der Waals surface area contributed by atoms with Crippen LogP contribution in [0.25, 0.3) is 11.0 Å². The summed E-state index contributed by atoms with van der Waals surface area (Å²) in [5, 5.41) is 3.22. The number of aryl methyl sites for hydroxylation is 1. The van der Waals surface area contributed by atoms with E-state index in [9.17, 15) is 4.39 Å². The number of H-pyrrole nitrogens is 1. The van der Waals surface area contributed by atoms with Crippen LogP contribution in [0, 0.1) is 12.7 Å². The molecule has 20 heavy (non-hydrogen) atoms. The molecular formula is C15H13BrFN3. The molecule has 5 heteroatoms. The maximum atomic E-state index is 13.7. The third kappa shape index (κ3) is 2.67. The molecule has 3 rings (SSSR count). The molecule has 3 aromatic rings. The fraction of sp³-hybridized carbons (Fsp3) is 0.133. The van der Waals surface area contributed by atoms with Crippen LogP contribution in [0.4, 0.5) is 10.1 Å². The molecule has 0 saturated heterocycles. The zero-order valence-electron chi connectivity index (χ0n) is 10.9. The van der Waals surface area contributed by atoms with E-state index < -0.39 is 0 Å². The second-order valence-corrected chi connectivity index (χ2v) is 5.56. The van der Waals surface area contributed by atoms with E-state index in [4.69, 9.17) is 0 Å². The van der Waals surface area contributed by atoms with Gasteiger partial charge in [0.05, 0.1) is 11.0 Å². The quantitative estimate of drug-likeness (QED) is 0.746. The van der Waals surface area contributed by atoms with Gasteiger partial charge in [0.25, 0.3) is 0 Å². The van der Waals surface area contributed by atoms with Gasteiger partial charge in [-0.15, -0.1) is 0 Å². The van der Waals surface area contributed by atoms with Gasteiger partial charge in [0.15, 0.2) is 0 Å². The first-order valence-corrected chi connectivity index (χ1v) is 7.05. The molecule has 2 N–H and O–H groups in total. The zero-order valence-corrected chi connectivity index (χ0v) is 12.5. The van der Waals surface area contributed by atoms with Crippen LogP contribution >= 0.6 is 15.9 Å². The number of hydrogen-bond acceptors (Lipinski definition) is 2. The van der Waals surface area contributed by atoms with Gasteiger partial charge in [0.2, 0.25) is 0 Å². The Kier molecular flexibility index (Phi) is 3.44. The van der Waals surface area contributed by atoms with E-state index in [0.717, 1.165) is 27.0 Å². The van der Waals surface area contributed by atoms with Crippen LogP contribution in [0.2, 0.25) is 0 Å². The Bertz CT molecular complexity index is 767. The smallest absolute Gasteiger partial charge is 0.129 e. The predicted octanol–water partition coefficient (Wildman–Crippen LogP) is 4.39. The summed E-state index contributed by atoms with van der Waals surface area (Å²) in [6.07, 6.45) is 0. The minimum absolute atomic E-state index is 0.217. The Morgan fingerprint density at radius 3 is 2.90 bits per heavy atom. The molecular weight excluding hydrogens is 321 g/mol. The lowest BCUT2D eigenvalue weighted by molar-refractivity contribution is 0.612. The average molecular weight is 334 g/mol. The number of aromatic nitrogens is 2. The molecule has 102 valence electrons. The molecule has 2 aromatic carbocycles. The van der Waals surface area contributed by atoms with Crippen molar-refractivity contribution < 1.29 is 4.39 Å². The number of aromatic amines is 1. The third-order valence-electron chi connectivity index (χ3n) is 3.10. The molecule has 3 nitrogen and oxygen atoms in total. The van der Waals surface area contributed by atoms with Crippen LogP contribution < -0.4 is 5.32 Å². The molecule has 0 bridgehead atoms. The Morgan fingerprint density at radius 1 is 1.25 bits per heavy atom. The highest BCUT2D eigenvalue weighted by Crippen LogP contribution is 2.19. The number of hydrogen-bond donors (Lipinski definition) is 2. The number of anilines is 1.